The molecule has 0 amide bonds. The molecular weight excluding hydrogens is 342 g/mol. The van der Waals surface area contributed by atoms with Gasteiger partial charge in [-0.05, 0) is 25.1 Å². The molecule has 3 rings (SSSR count). The topological polar surface area (TPSA) is 95.3 Å². The monoisotopic (exact) mass is 356 g/mol. The zero-order chi connectivity index (χ0) is 17.1. The molecule has 6 nitrogen and oxygen atoms in total. The molecule has 3 aromatic rings. The first-order chi connectivity index (χ1) is 11.5. The van der Waals surface area contributed by atoms with Crippen molar-refractivity contribution in [1.82, 2.24) is 9.97 Å². The molecule has 1 aromatic heterocycles. The Morgan fingerprint density at radius 2 is 1.76 bits per heavy atom. The normalized spacial score (nSPS) is 9.96. The summed E-state index contributed by atoms with van der Waals surface area (Å²) in [5.41, 5.74) is 2.07. The van der Waals surface area contributed by atoms with E-state index in [1.54, 1.807) is 19.1 Å². The first kappa shape index (κ1) is 18.2. The van der Waals surface area contributed by atoms with Crippen molar-refractivity contribution in [2.45, 2.75) is 6.92 Å². The molecule has 0 saturated heterocycles. The molecule has 0 aliphatic rings. The molecule has 0 bridgehead atoms. The fraction of sp³-hybridized carbons (Fsp3) is 0.0556. The number of rotatable bonds is 4. The predicted octanol–water partition coefficient (Wildman–Crippen LogP) is 0.603. The second-order valence-electron chi connectivity index (χ2n) is 5.21. The maximum atomic E-state index is 11.1. The Balaban J connectivity index is 0.00000225. The van der Waals surface area contributed by atoms with Crippen LogP contribution >= 0.6 is 0 Å². The molecule has 0 atom stereocenters. The van der Waals surface area contributed by atoms with Crippen molar-refractivity contribution in [3.05, 3.63) is 66.0 Å². The van der Waals surface area contributed by atoms with Gasteiger partial charge in [0.1, 0.15) is 23.0 Å². The van der Waals surface area contributed by atoms with Gasteiger partial charge in [-0.3, -0.25) is 0 Å². The average Bonchev–Trinajstić information content (AvgIpc) is 2.56. The average molecular weight is 357 g/mol. The van der Waals surface area contributed by atoms with Gasteiger partial charge >= 0.3 is 5.97 Å². The Hall–Kier alpha value is -3.12. The zero-order valence-corrected chi connectivity index (χ0v) is 14.0. The first-order valence-electron chi connectivity index (χ1n) is 7.27. The molecule has 0 radical (unpaired) electrons. The summed E-state index contributed by atoms with van der Waals surface area (Å²) in [5, 5.41) is 21.7. The van der Waals surface area contributed by atoms with Crippen LogP contribution in [0.4, 0.5) is 11.5 Å². The quantitative estimate of drug-likeness (QED) is 0.593. The van der Waals surface area contributed by atoms with Crippen LogP contribution in [0.25, 0.3) is 11.3 Å². The van der Waals surface area contributed by atoms with E-state index in [0.29, 0.717) is 17.3 Å². The summed E-state index contributed by atoms with van der Waals surface area (Å²) in [4.78, 5) is 19.8. The number of aromatic nitrogens is 2. The Kier molecular flexibility index (Phi) is 5.56. The first-order valence-corrected chi connectivity index (χ1v) is 7.27. The number of nitrogens with zero attached hydrogens (tertiary/aromatic N) is 2. The summed E-state index contributed by atoms with van der Waals surface area (Å²) in [6.45, 7) is 1.79. The molecule has 2 aromatic carbocycles. The summed E-state index contributed by atoms with van der Waals surface area (Å²) >= 11 is 0. The largest absolute Gasteiger partial charge is 1.00 e. The van der Waals surface area contributed by atoms with Gasteiger partial charge in [0, 0.05) is 17.3 Å². The summed E-state index contributed by atoms with van der Waals surface area (Å²) in [7, 11) is 0. The molecule has 0 saturated carbocycles. The van der Waals surface area contributed by atoms with Crippen molar-refractivity contribution >= 4 is 17.5 Å². The van der Waals surface area contributed by atoms with Gasteiger partial charge in [-0.25, -0.2) is 14.8 Å². The van der Waals surface area contributed by atoms with E-state index in [-0.39, 0.29) is 23.7 Å². The number of nitrogens with one attached hydrogen (secondary N) is 1. The standard InChI is InChI=1S/C18H15N3O3.ClH/c1-11-19-15(12-5-3-2-4-6-12)10-17(20-11)21-13-7-8-16(22)14(9-13)18(23)24;/h2-10,22H,1H3,(H,23,24)(H,19,20,21);1H/p-1. The number of hydrogen-bond donors (Lipinski definition) is 3. The van der Waals surface area contributed by atoms with Crippen LogP contribution in [0.1, 0.15) is 16.2 Å². The molecule has 3 N–H and O–H groups in total. The van der Waals surface area contributed by atoms with E-state index < -0.39 is 5.97 Å². The van der Waals surface area contributed by atoms with Crippen molar-refractivity contribution in [1.29, 1.82) is 0 Å². The number of benzene rings is 2. The van der Waals surface area contributed by atoms with E-state index in [4.69, 9.17) is 5.11 Å². The van der Waals surface area contributed by atoms with Gasteiger partial charge in [-0.15, -0.1) is 0 Å². The SMILES string of the molecule is Cc1nc(Nc2ccc(O)c(C(=O)O)c2)cc(-c2ccccc2)n1.[Cl-]. The van der Waals surface area contributed by atoms with E-state index in [1.807, 2.05) is 30.3 Å². The van der Waals surface area contributed by atoms with E-state index in [0.717, 1.165) is 11.3 Å². The maximum absolute atomic E-state index is 11.1. The Morgan fingerprint density at radius 3 is 2.44 bits per heavy atom. The molecule has 7 heteroatoms. The minimum atomic E-state index is -1.19. The molecule has 1 heterocycles. The summed E-state index contributed by atoms with van der Waals surface area (Å²) in [6, 6.07) is 15.8. The minimum Gasteiger partial charge on any atom is -1.00 e. The van der Waals surface area contributed by atoms with E-state index >= 15 is 0 Å². The Labute approximate surface area is 150 Å². The number of carboxylic acid groups (broad SMARTS) is 1. The lowest BCUT2D eigenvalue weighted by molar-refractivity contribution is -0.0000222. The highest BCUT2D eigenvalue weighted by Crippen LogP contribution is 2.25. The van der Waals surface area contributed by atoms with Crippen molar-refractivity contribution in [2.75, 3.05) is 5.32 Å². The molecule has 0 unspecified atom stereocenters. The van der Waals surface area contributed by atoms with Gasteiger partial charge in [0.2, 0.25) is 0 Å². The Bertz CT molecular complexity index is 901. The number of aromatic carboxylic acids is 1. The van der Waals surface area contributed by atoms with Crippen LogP contribution in [0.5, 0.6) is 5.75 Å². The van der Waals surface area contributed by atoms with Crippen molar-refractivity contribution in [3.8, 4) is 17.0 Å². The maximum Gasteiger partial charge on any atom is 0.339 e. The van der Waals surface area contributed by atoms with Gasteiger partial charge in [-0.2, -0.15) is 0 Å². The molecular formula is C18H15ClN3O3-. The molecule has 0 aliphatic carbocycles. The highest BCUT2D eigenvalue weighted by atomic mass is 35.5. The molecule has 128 valence electrons. The van der Waals surface area contributed by atoms with Crippen LogP contribution in [0, 0.1) is 6.92 Å². The lowest BCUT2D eigenvalue weighted by atomic mass is 10.1. The lowest BCUT2D eigenvalue weighted by Gasteiger charge is -2.10. The Morgan fingerprint density at radius 1 is 1.04 bits per heavy atom. The van der Waals surface area contributed by atoms with Crippen molar-refractivity contribution in [2.24, 2.45) is 0 Å². The van der Waals surface area contributed by atoms with Crippen LogP contribution in [0.2, 0.25) is 0 Å². The number of hydrogen-bond acceptors (Lipinski definition) is 5. The lowest BCUT2D eigenvalue weighted by Crippen LogP contribution is -3.00. The number of aromatic hydroxyl groups is 1. The third-order valence-electron chi connectivity index (χ3n) is 3.41. The number of halogens is 1. The predicted molar refractivity (Wildman–Crippen MR) is 90.6 cm³/mol. The highest BCUT2D eigenvalue weighted by molar-refractivity contribution is 5.92. The van der Waals surface area contributed by atoms with Gasteiger partial charge < -0.3 is 27.9 Å². The highest BCUT2D eigenvalue weighted by Gasteiger charge is 2.11. The van der Waals surface area contributed by atoms with E-state index in [2.05, 4.69) is 15.3 Å². The van der Waals surface area contributed by atoms with E-state index in [1.165, 1.54) is 12.1 Å². The van der Waals surface area contributed by atoms with Crippen LogP contribution in [-0.4, -0.2) is 26.2 Å². The summed E-state index contributed by atoms with van der Waals surface area (Å²) < 4.78 is 0. The number of aryl methyl sites for hydroxylation is 1. The summed E-state index contributed by atoms with van der Waals surface area (Å²) in [5.74, 6) is -0.337. The number of phenols is 1. The molecule has 0 aliphatic heterocycles. The van der Waals surface area contributed by atoms with Gasteiger partial charge in [-0.1, -0.05) is 30.3 Å². The van der Waals surface area contributed by atoms with Crippen LogP contribution in [-0.2, 0) is 0 Å². The fourth-order valence-corrected chi connectivity index (χ4v) is 2.32. The molecule has 0 fully saturated rings. The second-order valence-corrected chi connectivity index (χ2v) is 5.21. The third kappa shape index (κ3) is 4.24. The number of anilines is 2. The van der Waals surface area contributed by atoms with Gasteiger partial charge in [0.25, 0.3) is 0 Å². The van der Waals surface area contributed by atoms with Gasteiger partial charge in [0.15, 0.2) is 0 Å². The van der Waals surface area contributed by atoms with Crippen molar-refractivity contribution in [3.63, 3.8) is 0 Å². The third-order valence-corrected chi connectivity index (χ3v) is 3.41. The smallest absolute Gasteiger partial charge is 0.339 e. The number of carbonyl (C=O) groups is 1. The number of carboxylic acids is 1. The second kappa shape index (κ2) is 7.63. The van der Waals surface area contributed by atoms with E-state index in [9.17, 15) is 9.90 Å². The summed E-state index contributed by atoms with van der Waals surface area (Å²) in [6.07, 6.45) is 0. The fourth-order valence-electron chi connectivity index (χ4n) is 2.32. The van der Waals surface area contributed by atoms with Crippen LogP contribution in [0.15, 0.2) is 54.6 Å². The van der Waals surface area contributed by atoms with Gasteiger partial charge in [0.05, 0.1) is 5.69 Å². The van der Waals surface area contributed by atoms with Crippen LogP contribution < -0.4 is 17.7 Å². The minimum absolute atomic E-state index is 0. The van der Waals surface area contributed by atoms with Crippen LogP contribution in [0.3, 0.4) is 0 Å². The van der Waals surface area contributed by atoms with Crippen molar-refractivity contribution < 1.29 is 27.4 Å². The zero-order valence-electron chi connectivity index (χ0n) is 13.3. The molecule has 0 spiro atoms. The molecule has 25 heavy (non-hydrogen) atoms.